The molecule has 1 fully saturated rings. The second-order valence-electron chi connectivity index (χ2n) is 6.12. The molecule has 0 unspecified atom stereocenters. The molecular formula is C20H22FN2O+. The Labute approximate surface area is 142 Å². The molecule has 0 aromatic heterocycles. The zero-order chi connectivity index (χ0) is 16.8. The number of nitrogens with one attached hydrogen (secondary N) is 1. The molecule has 0 saturated carbocycles. The Kier molecular flexibility index (Phi) is 5.39. The highest BCUT2D eigenvalue weighted by atomic mass is 19.1. The lowest BCUT2D eigenvalue weighted by Gasteiger charge is -2.31. The number of nitrogens with zero attached hydrogens (tertiary/aromatic N) is 1. The SMILES string of the molecule is O=C(/C=C/c1ccccc1)N1CC[NH+](Cc2ccc(F)cc2)CC1. The Balaban J connectivity index is 1.48. The van der Waals surface area contributed by atoms with E-state index in [2.05, 4.69) is 0 Å². The lowest BCUT2D eigenvalue weighted by atomic mass is 10.2. The third kappa shape index (κ3) is 4.52. The summed E-state index contributed by atoms with van der Waals surface area (Å²) in [5.41, 5.74) is 2.17. The summed E-state index contributed by atoms with van der Waals surface area (Å²) in [5.74, 6) is -0.131. The van der Waals surface area contributed by atoms with E-state index in [0.717, 1.165) is 43.9 Å². The van der Waals surface area contributed by atoms with Gasteiger partial charge in [0.1, 0.15) is 12.4 Å². The van der Waals surface area contributed by atoms with Gasteiger partial charge in [0.15, 0.2) is 0 Å². The van der Waals surface area contributed by atoms with Gasteiger partial charge in [-0.3, -0.25) is 4.79 Å². The quantitative estimate of drug-likeness (QED) is 0.852. The summed E-state index contributed by atoms with van der Waals surface area (Å²) < 4.78 is 12.9. The van der Waals surface area contributed by atoms with Gasteiger partial charge in [-0.15, -0.1) is 0 Å². The molecule has 2 aromatic rings. The number of carbonyl (C=O) groups excluding carboxylic acids is 1. The molecule has 0 atom stereocenters. The fraction of sp³-hybridized carbons (Fsp3) is 0.250. The van der Waals surface area contributed by atoms with E-state index < -0.39 is 0 Å². The van der Waals surface area contributed by atoms with Crippen molar-refractivity contribution in [3.63, 3.8) is 0 Å². The van der Waals surface area contributed by atoms with Gasteiger partial charge in [-0.25, -0.2) is 4.39 Å². The Morgan fingerprint density at radius 2 is 1.71 bits per heavy atom. The van der Waals surface area contributed by atoms with Gasteiger partial charge in [-0.2, -0.15) is 0 Å². The number of amides is 1. The standard InChI is InChI=1S/C20H21FN2O/c21-19-9-6-18(7-10-19)16-22-12-14-23(15-13-22)20(24)11-8-17-4-2-1-3-5-17/h1-11H,12-16H2/p+1/b11-8+. The van der Waals surface area contributed by atoms with Crippen LogP contribution in [0.5, 0.6) is 0 Å². The molecule has 1 N–H and O–H groups in total. The van der Waals surface area contributed by atoms with E-state index in [-0.39, 0.29) is 11.7 Å². The normalized spacial score (nSPS) is 15.8. The maximum atomic E-state index is 12.9. The highest BCUT2D eigenvalue weighted by molar-refractivity contribution is 5.91. The van der Waals surface area contributed by atoms with E-state index in [1.54, 1.807) is 6.08 Å². The molecule has 3 nitrogen and oxygen atoms in total. The number of benzene rings is 2. The molecule has 0 aliphatic carbocycles. The van der Waals surface area contributed by atoms with Crippen molar-refractivity contribution in [3.8, 4) is 0 Å². The summed E-state index contributed by atoms with van der Waals surface area (Å²) >= 11 is 0. The first-order valence-electron chi connectivity index (χ1n) is 8.31. The minimum atomic E-state index is -0.200. The van der Waals surface area contributed by atoms with Crippen LogP contribution in [0.3, 0.4) is 0 Å². The fourth-order valence-electron chi connectivity index (χ4n) is 2.95. The fourth-order valence-corrected chi connectivity index (χ4v) is 2.95. The maximum Gasteiger partial charge on any atom is 0.246 e. The molecule has 1 saturated heterocycles. The zero-order valence-corrected chi connectivity index (χ0v) is 13.6. The second-order valence-corrected chi connectivity index (χ2v) is 6.12. The molecule has 124 valence electrons. The Hall–Kier alpha value is -2.46. The lowest BCUT2D eigenvalue weighted by Crippen LogP contribution is -3.13. The van der Waals surface area contributed by atoms with E-state index in [9.17, 15) is 9.18 Å². The van der Waals surface area contributed by atoms with Gasteiger partial charge >= 0.3 is 0 Å². The van der Waals surface area contributed by atoms with Crippen LogP contribution in [-0.4, -0.2) is 37.0 Å². The molecular weight excluding hydrogens is 303 g/mol. The Morgan fingerprint density at radius 3 is 2.38 bits per heavy atom. The third-order valence-electron chi connectivity index (χ3n) is 4.37. The van der Waals surface area contributed by atoms with E-state index in [4.69, 9.17) is 0 Å². The summed E-state index contributed by atoms with van der Waals surface area (Å²) in [7, 11) is 0. The molecule has 1 aliphatic heterocycles. The molecule has 0 spiro atoms. The Morgan fingerprint density at radius 1 is 1.04 bits per heavy atom. The number of piperazine rings is 1. The van der Waals surface area contributed by atoms with Gasteiger partial charge in [0.25, 0.3) is 0 Å². The average Bonchev–Trinajstić information content (AvgIpc) is 2.63. The van der Waals surface area contributed by atoms with Gasteiger partial charge < -0.3 is 9.80 Å². The number of carbonyl (C=O) groups is 1. The van der Waals surface area contributed by atoms with Gasteiger partial charge in [-0.05, 0) is 23.8 Å². The van der Waals surface area contributed by atoms with Crippen LogP contribution >= 0.6 is 0 Å². The van der Waals surface area contributed by atoms with Crippen LogP contribution < -0.4 is 4.90 Å². The van der Waals surface area contributed by atoms with Crippen molar-refractivity contribution in [2.45, 2.75) is 6.54 Å². The Bertz CT molecular complexity index is 689. The maximum absolute atomic E-state index is 12.9. The molecule has 4 heteroatoms. The predicted molar refractivity (Wildman–Crippen MR) is 92.9 cm³/mol. The topological polar surface area (TPSA) is 24.8 Å². The van der Waals surface area contributed by atoms with Crippen molar-refractivity contribution >= 4 is 12.0 Å². The van der Waals surface area contributed by atoms with Crippen molar-refractivity contribution in [3.05, 3.63) is 77.6 Å². The van der Waals surface area contributed by atoms with Crippen molar-refractivity contribution in [1.82, 2.24) is 4.90 Å². The summed E-state index contributed by atoms with van der Waals surface area (Å²) in [5, 5.41) is 0. The van der Waals surface area contributed by atoms with Crippen LogP contribution in [0.4, 0.5) is 4.39 Å². The molecule has 0 radical (unpaired) electrons. The van der Waals surface area contributed by atoms with E-state index in [0.29, 0.717) is 0 Å². The number of hydrogen-bond acceptors (Lipinski definition) is 1. The molecule has 1 heterocycles. The van der Waals surface area contributed by atoms with E-state index in [1.807, 2.05) is 53.4 Å². The van der Waals surface area contributed by atoms with Crippen molar-refractivity contribution in [2.24, 2.45) is 0 Å². The summed E-state index contributed by atoms with van der Waals surface area (Å²) in [6.45, 7) is 4.23. The highest BCUT2D eigenvalue weighted by Crippen LogP contribution is 2.03. The smallest absolute Gasteiger partial charge is 0.246 e. The number of hydrogen-bond donors (Lipinski definition) is 1. The highest BCUT2D eigenvalue weighted by Gasteiger charge is 2.22. The van der Waals surface area contributed by atoms with Crippen LogP contribution in [0.2, 0.25) is 0 Å². The van der Waals surface area contributed by atoms with Gasteiger partial charge in [0, 0.05) is 11.6 Å². The predicted octanol–water partition coefficient (Wildman–Crippen LogP) is 1.77. The number of quaternary nitrogens is 1. The van der Waals surface area contributed by atoms with Crippen molar-refractivity contribution < 1.29 is 14.1 Å². The first kappa shape index (κ1) is 16.4. The third-order valence-corrected chi connectivity index (χ3v) is 4.37. The molecule has 1 aliphatic rings. The lowest BCUT2D eigenvalue weighted by molar-refractivity contribution is -0.917. The summed E-state index contributed by atoms with van der Waals surface area (Å²) in [4.78, 5) is 15.6. The van der Waals surface area contributed by atoms with Gasteiger partial charge in [-0.1, -0.05) is 42.5 Å². The van der Waals surface area contributed by atoms with Crippen molar-refractivity contribution in [1.29, 1.82) is 0 Å². The number of rotatable bonds is 4. The van der Waals surface area contributed by atoms with Crippen LogP contribution in [0.1, 0.15) is 11.1 Å². The number of halogens is 1. The molecule has 0 bridgehead atoms. The van der Waals surface area contributed by atoms with E-state index >= 15 is 0 Å². The average molecular weight is 325 g/mol. The van der Waals surface area contributed by atoms with Crippen molar-refractivity contribution in [2.75, 3.05) is 26.2 Å². The minimum absolute atomic E-state index is 0.0692. The van der Waals surface area contributed by atoms with Gasteiger partial charge in [0.05, 0.1) is 26.2 Å². The molecule has 2 aromatic carbocycles. The first-order chi connectivity index (χ1) is 11.7. The molecule has 24 heavy (non-hydrogen) atoms. The van der Waals surface area contributed by atoms with E-state index in [1.165, 1.54) is 17.0 Å². The minimum Gasteiger partial charge on any atom is -0.328 e. The van der Waals surface area contributed by atoms with Crippen LogP contribution in [0, 0.1) is 5.82 Å². The summed E-state index contributed by atoms with van der Waals surface area (Å²) in [6.07, 6.45) is 3.51. The first-order valence-corrected chi connectivity index (χ1v) is 8.31. The largest absolute Gasteiger partial charge is 0.328 e. The van der Waals surface area contributed by atoms with Crippen LogP contribution in [0.15, 0.2) is 60.7 Å². The molecule has 1 amide bonds. The molecule has 3 rings (SSSR count). The zero-order valence-electron chi connectivity index (χ0n) is 13.6. The van der Waals surface area contributed by atoms with Gasteiger partial charge in [0.2, 0.25) is 5.91 Å². The monoisotopic (exact) mass is 325 g/mol. The van der Waals surface area contributed by atoms with Crippen LogP contribution in [-0.2, 0) is 11.3 Å². The summed E-state index contributed by atoms with van der Waals surface area (Å²) in [6, 6.07) is 16.5. The van der Waals surface area contributed by atoms with Crippen LogP contribution in [0.25, 0.3) is 6.08 Å². The second kappa shape index (κ2) is 7.88.